The van der Waals surface area contributed by atoms with Crippen LogP contribution in [0.2, 0.25) is 0 Å². The van der Waals surface area contributed by atoms with Crippen LogP contribution in [0.15, 0.2) is 60.9 Å². The van der Waals surface area contributed by atoms with Gasteiger partial charge in [0.1, 0.15) is 17.9 Å². The maximum atomic E-state index is 12.3. The number of amides is 1. The second-order valence-corrected chi connectivity index (χ2v) is 7.06. The fourth-order valence-electron chi connectivity index (χ4n) is 2.78. The molecule has 0 aliphatic carbocycles. The summed E-state index contributed by atoms with van der Waals surface area (Å²) in [5.41, 5.74) is 2.96. The lowest BCUT2D eigenvalue weighted by Crippen LogP contribution is -2.14. The number of benzene rings is 2. The zero-order chi connectivity index (χ0) is 20.6. The zero-order valence-electron chi connectivity index (χ0n) is 17.0. The van der Waals surface area contributed by atoms with Crippen molar-refractivity contribution in [3.63, 3.8) is 0 Å². The van der Waals surface area contributed by atoms with Crippen molar-refractivity contribution in [2.75, 3.05) is 10.6 Å². The molecule has 0 radical (unpaired) electrons. The predicted octanol–water partition coefficient (Wildman–Crippen LogP) is 4.83. The van der Waals surface area contributed by atoms with Crippen molar-refractivity contribution in [2.45, 2.75) is 39.7 Å². The van der Waals surface area contributed by atoms with Crippen LogP contribution in [-0.2, 0) is 17.6 Å². The average molecular weight is 390 g/mol. The minimum absolute atomic E-state index is 0.0527. The van der Waals surface area contributed by atoms with Crippen molar-refractivity contribution in [3.05, 3.63) is 72.1 Å². The molecule has 1 aromatic heterocycles. The van der Waals surface area contributed by atoms with Gasteiger partial charge in [-0.15, -0.1) is 0 Å². The second-order valence-electron chi connectivity index (χ2n) is 7.06. The summed E-state index contributed by atoms with van der Waals surface area (Å²) >= 11 is 0. The highest BCUT2D eigenvalue weighted by Crippen LogP contribution is 2.21. The standard InChI is InChI=1S/C23H26N4O2/c1-4-17-5-9-19(10-6-17)27-22(28)13-18-7-11-20(12-8-18)29-23-14-21(24-15-25-23)26-16(2)3/h5-12,14-16H,4,13H2,1-3H3,(H,27,28)(H,24,25,26). The molecule has 2 aromatic carbocycles. The quantitative estimate of drug-likeness (QED) is 0.576. The van der Waals surface area contributed by atoms with Crippen LogP contribution >= 0.6 is 0 Å². The highest BCUT2D eigenvalue weighted by Gasteiger charge is 2.06. The van der Waals surface area contributed by atoms with Crippen LogP contribution in [0.5, 0.6) is 11.6 Å². The molecule has 0 atom stereocenters. The Labute approximate surface area is 171 Å². The van der Waals surface area contributed by atoms with E-state index in [0.29, 0.717) is 23.9 Å². The molecular weight excluding hydrogens is 364 g/mol. The highest BCUT2D eigenvalue weighted by atomic mass is 16.5. The van der Waals surface area contributed by atoms with Crippen molar-refractivity contribution >= 4 is 17.4 Å². The Balaban J connectivity index is 1.56. The summed E-state index contributed by atoms with van der Waals surface area (Å²) in [6.45, 7) is 6.18. The summed E-state index contributed by atoms with van der Waals surface area (Å²) in [6.07, 6.45) is 2.74. The molecule has 0 bridgehead atoms. The Bertz CT molecular complexity index is 938. The zero-order valence-corrected chi connectivity index (χ0v) is 17.0. The highest BCUT2D eigenvalue weighted by molar-refractivity contribution is 5.92. The SMILES string of the molecule is CCc1ccc(NC(=O)Cc2ccc(Oc3cc(NC(C)C)ncn3)cc2)cc1. The van der Waals surface area contributed by atoms with Gasteiger partial charge < -0.3 is 15.4 Å². The Hall–Kier alpha value is -3.41. The first-order chi connectivity index (χ1) is 14.0. The molecule has 0 fully saturated rings. The minimum Gasteiger partial charge on any atom is -0.439 e. The van der Waals surface area contributed by atoms with Gasteiger partial charge in [-0.2, -0.15) is 0 Å². The lowest BCUT2D eigenvalue weighted by molar-refractivity contribution is -0.115. The van der Waals surface area contributed by atoms with Gasteiger partial charge in [0.15, 0.2) is 0 Å². The topological polar surface area (TPSA) is 76.1 Å². The third kappa shape index (κ3) is 6.31. The van der Waals surface area contributed by atoms with Crippen LogP contribution in [-0.4, -0.2) is 21.9 Å². The van der Waals surface area contributed by atoms with E-state index < -0.39 is 0 Å². The number of ether oxygens (including phenoxy) is 1. The van der Waals surface area contributed by atoms with Crippen molar-refractivity contribution in [1.82, 2.24) is 9.97 Å². The largest absolute Gasteiger partial charge is 0.439 e. The van der Waals surface area contributed by atoms with Crippen LogP contribution in [0.1, 0.15) is 31.9 Å². The van der Waals surface area contributed by atoms with E-state index in [4.69, 9.17) is 4.74 Å². The van der Waals surface area contributed by atoms with Gasteiger partial charge in [-0.3, -0.25) is 4.79 Å². The lowest BCUT2D eigenvalue weighted by Gasteiger charge is -2.10. The third-order valence-electron chi connectivity index (χ3n) is 4.23. The van der Waals surface area contributed by atoms with E-state index in [1.807, 2.05) is 62.4 Å². The van der Waals surface area contributed by atoms with E-state index in [2.05, 4.69) is 27.5 Å². The number of carbonyl (C=O) groups excluding carboxylic acids is 1. The van der Waals surface area contributed by atoms with Gasteiger partial charge in [-0.1, -0.05) is 31.2 Å². The normalized spacial score (nSPS) is 10.6. The summed E-state index contributed by atoms with van der Waals surface area (Å²) in [4.78, 5) is 20.6. The van der Waals surface area contributed by atoms with Gasteiger partial charge in [0.25, 0.3) is 0 Å². The van der Waals surface area contributed by atoms with Crippen LogP contribution in [0, 0.1) is 0 Å². The molecule has 0 aliphatic heterocycles. The smallest absolute Gasteiger partial charge is 0.228 e. The number of carbonyl (C=O) groups is 1. The first-order valence-electron chi connectivity index (χ1n) is 9.76. The molecule has 0 unspecified atom stereocenters. The molecule has 0 saturated carbocycles. The summed E-state index contributed by atoms with van der Waals surface area (Å²) in [5, 5.41) is 6.14. The van der Waals surface area contributed by atoms with E-state index in [1.165, 1.54) is 11.9 Å². The van der Waals surface area contributed by atoms with Gasteiger partial charge in [0.2, 0.25) is 11.8 Å². The lowest BCUT2D eigenvalue weighted by atomic mass is 10.1. The fourth-order valence-corrected chi connectivity index (χ4v) is 2.78. The van der Waals surface area contributed by atoms with Gasteiger partial charge in [-0.25, -0.2) is 9.97 Å². The van der Waals surface area contributed by atoms with Gasteiger partial charge in [0.05, 0.1) is 6.42 Å². The Morgan fingerprint density at radius 1 is 1.00 bits per heavy atom. The summed E-state index contributed by atoms with van der Waals surface area (Å²) < 4.78 is 5.79. The van der Waals surface area contributed by atoms with Crippen LogP contribution < -0.4 is 15.4 Å². The van der Waals surface area contributed by atoms with E-state index >= 15 is 0 Å². The molecule has 0 spiro atoms. The molecule has 2 N–H and O–H groups in total. The Morgan fingerprint density at radius 3 is 2.34 bits per heavy atom. The molecular formula is C23H26N4O2. The first kappa shape index (κ1) is 20.3. The summed E-state index contributed by atoms with van der Waals surface area (Å²) in [5.74, 6) is 1.77. The van der Waals surface area contributed by atoms with Crippen molar-refractivity contribution < 1.29 is 9.53 Å². The fraction of sp³-hybridized carbons (Fsp3) is 0.261. The number of aryl methyl sites for hydroxylation is 1. The number of rotatable bonds is 8. The van der Waals surface area contributed by atoms with E-state index in [-0.39, 0.29) is 11.9 Å². The van der Waals surface area contributed by atoms with Crippen molar-refractivity contribution in [3.8, 4) is 11.6 Å². The molecule has 0 saturated heterocycles. The Kier molecular flexibility index (Phi) is 6.79. The minimum atomic E-state index is -0.0527. The molecule has 1 amide bonds. The van der Waals surface area contributed by atoms with Gasteiger partial charge in [-0.05, 0) is 55.7 Å². The van der Waals surface area contributed by atoms with Crippen LogP contribution in [0.3, 0.4) is 0 Å². The summed E-state index contributed by atoms with van der Waals surface area (Å²) in [7, 11) is 0. The number of aromatic nitrogens is 2. The first-order valence-corrected chi connectivity index (χ1v) is 9.76. The third-order valence-corrected chi connectivity index (χ3v) is 4.23. The van der Waals surface area contributed by atoms with E-state index in [0.717, 1.165) is 17.7 Å². The van der Waals surface area contributed by atoms with Gasteiger partial charge >= 0.3 is 0 Å². The molecule has 3 rings (SSSR count). The maximum absolute atomic E-state index is 12.3. The molecule has 6 nitrogen and oxygen atoms in total. The number of nitrogens with one attached hydrogen (secondary N) is 2. The molecule has 1 heterocycles. The van der Waals surface area contributed by atoms with E-state index in [9.17, 15) is 4.79 Å². The van der Waals surface area contributed by atoms with Crippen molar-refractivity contribution in [1.29, 1.82) is 0 Å². The van der Waals surface area contributed by atoms with Gasteiger partial charge in [0, 0.05) is 17.8 Å². The molecule has 6 heteroatoms. The maximum Gasteiger partial charge on any atom is 0.228 e. The van der Waals surface area contributed by atoms with Crippen molar-refractivity contribution in [2.24, 2.45) is 0 Å². The molecule has 3 aromatic rings. The molecule has 150 valence electrons. The predicted molar refractivity (Wildman–Crippen MR) is 115 cm³/mol. The molecule has 29 heavy (non-hydrogen) atoms. The number of nitrogens with zero attached hydrogens (tertiary/aromatic N) is 2. The van der Waals surface area contributed by atoms with Crippen LogP contribution in [0.4, 0.5) is 11.5 Å². The van der Waals surface area contributed by atoms with E-state index in [1.54, 1.807) is 6.07 Å². The number of hydrogen-bond donors (Lipinski definition) is 2. The second kappa shape index (κ2) is 9.68. The summed E-state index contributed by atoms with van der Waals surface area (Å²) in [6, 6.07) is 17.3. The monoisotopic (exact) mass is 390 g/mol. The Morgan fingerprint density at radius 2 is 1.69 bits per heavy atom. The number of anilines is 2. The number of hydrogen-bond acceptors (Lipinski definition) is 5. The average Bonchev–Trinajstić information content (AvgIpc) is 2.70. The van der Waals surface area contributed by atoms with Crippen LogP contribution in [0.25, 0.3) is 0 Å². The molecule has 0 aliphatic rings.